The third-order valence-electron chi connectivity index (χ3n) is 5.16. The second kappa shape index (κ2) is 7.35. The number of rotatable bonds is 7. The van der Waals surface area contributed by atoms with E-state index in [2.05, 4.69) is 30.9 Å². The van der Waals surface area contributed by atoms with Crippen LogP contribution in [0.1, 0.15) is 51.0 Å². The second-order valence-electron chi connectivity index (χ2n) is 6.95. The van der Waals surface area contributed by atoms with Crippen LogP contribution in [0.2, 0.25) is 0 Å². The van der Waals surface area contributed by atoms with Crippen LogP contribution in [0.4, 0.5) is 0 Å². The molecule has 1 unspecified atom stereocenters. The van der Waals surface area contributed by atoms with Gasteiger partial charge in [-0.25, -0.2) is 0 Å². The van der Waals surface area contributed by atoms with Gasteiger partial charge in [-0.2, -0.15) is 0 Å². The number of fused-ring (bicyclic) bond motifs is 1. The van der Waals surface area contributed by atoms with Crippen molar-refractivity contribution in [3.05, 3.63) is 23.8 Å². The highest BCUT2D eigenvalue weighted by Crippen LogP contribution is 2.39. The Balaban J connectivity index is 1.70. The first-order valence-electron chi connectivity index (χ1n) is 8.78. The molecular weight excluding hydrogens is 290 g/mol. The minimum Gasteiger partial charge on any atom is -0.454 e. The molecule has 1 fully saturated rings. The summed E-state index contributed by atoms with van der Waals surface area (Å²) in [6, 6.07) is 6.78. The lowest BCUT2D eigenvalue weighted by Crippen LogP contribution is -2.32. The van der Waals surface area contributed by atoms with Gasteiger partial charge in [-0.1, -0.05) is 32.8 Å². The molecule has 0 amide bonds. The van der Waals surface area contributed by atoms with E-state index >= 15 is 0 Å². The van der Waals surface area contributed by atoms with Gasteiger partial charge in [-0.15, -0.1) is 0 Å². The summed E-state index contributed by atoms with van der Waals surface area (Å²) in [4.78, 5) is 13.4. The van der Waals surface area contributed by atoms with E-state index in [1.807, 2.05) is 6.07 Å². The van der Waals surface area contributed by atoms with Gasteiger partial charge in [0.2, 0.25) is 6.79 Å². The molecule has 126 valence electrons. The van der Waals surface area contributed by atoms with Crippen molar-refractivity contribution in [2.24, 2.45) is 5.92 Å². The average molecular weight is 317 g/mol. The van der Waals surface area contributed by atoms with Crippen LogP contribution < -0.4 is 9.47 Å². The SMILES string of the molecule is CCC[C@@H](C)C[C@H]1CC(c2ccc3c(c2)OCO3)CN1CC=O. The molecule has 2 heterocycles. The number of benzene rings is 1. The smallest absolute Gasteiger partial charge is 0.231 e. The molecule has 0 bridgehead atoms. The summed E-state index contributed by atoms with van der Waals surface area (Å²) in [6.45, 7) is 6.39. The Morgan fingerprint density at radius 1 is 1.35 bits per heavy atom. The molecule has 3 rings (SSSR count). The number of carbonyl (C=O) groups is 1. The quantitative estimate of drug-likeness (QED) is 0.720. The van der Waals surface area contributed by atoms with Gasteiger partial charge in [-0.05, 0) is 42.4 Å². The molecular formula is C19H27NO3. The first kappa shape index (κ1) is 16.3. The molecule has 2 aliphatic heterocycles. The van der Waals surface area contributed by atoms with Crippen LogP contribution in [-0.4, -0.2) is 37.1 Å². The largest absolute Gasteiger partial charge is 0.454 e. The summed E-state index contributed by atoms with van der Waals surface area (Å²) in [7, 11) is 0. The summed E-state index contributed by atoms with van der Waals surface area (Å²) >= 11 is 0. The minimum absolute atomic E-state index is 0.317. The lowest BCUT2D eigenvalue weighted by Gasteiger charge is -2.24. The van der Waals surface area contributed by atoms with Gasteiger partial charge < -0.3 is 14.3 Å². The summed E-state index contributed by atoms with van der Waals surface area (Å²) in [5.74, 6) is 2.88. The Morgan fingerprint density at radius 3 is 2.96 bits per heavy atom. The van der Waals surface area contributed by atoms with Crippen LogP contribution in [0.15, 0.2) is 18.2 Å². The van der Waals surface area contributed by atoms with Gasteiger partial charge in [0, 0.05) is 12.6 Å². The van der Waals surface area contributed by atoms with Crippen molar-refractivity contribution in [2.75, 3.05) is 19.9 Å². The Hall–Kier alpha value is -1.55. The molecule has 2 aliphatic rings. The van der Waals surface area contributed by atoms with E-state index in [9.17, 15) is 4.79 Å². The molecule has 0 radical (unpaired) electrons. The minimum atomic E-state index is 0.317. The van der Waals surface area contributed by atoms with E-state index in [1.165, 1.54) is 24.8 Å². The number of hydrogen-bond donors (Lipinski definition) is 0. The highest BCUT2D eigenvalue weighted by atomic mass is 16.7. The van der Waals surface area contributed by atoms with E-state index in [4.69, 9.17) is 9.47 Å². The molecule has 23 heavy (non-hydrogen) atoms. The topological polar surface area (TPSA) is 38.8 Å². The summed E-state index contributed by atoms with van der Waals surface area (Å²) in [5, 5.41) is 0. The Kier molecular flexibility index (Phi) is 5.21. The van der Waals surface area contributed by atoms with Crippen molar-refractivity contribution >= 4 is 6.29 Å². The highest BCUT2D eigenvalue weighted by molar-refractivity contribution is 5.52. The van der Waals surface area contributed by atoms with Crippen LogP contribution in [0.25, 0.3) is 0 Å². The summed E-state index contributed by atoms with van der Waals surface area (Å²) in [6.07, 6.45) is 5.84. The number of hydrogen-bond acceptors (Lipinski definition) is 4. The first-order valence-corrected chi connectivity index (χ1v) is 8.78. The number of aldehydes is 1. The third kappa shape index (κ3) is 3.69. The first-order chi connectivity index (χ1) is 11.2. The third-order valence-corrected chi connectivity index (χ3v) is 5.16. The van der Waals surface area contributed by atoms with Crippen LogP contribution in [0.3, 0.4) is 0 Å². The summed E-state index contributed by atoms with van der Waals surface area (Å²) in [5.41, 5.74) is 1.30. The maximum Gasteiger partial charge on any atom is 0.231 e. The van der Waals surface area contributed by atoms with Crippen LogP contribution in [-0.2, 0) is 4.79 Å². The van der Waals surface area contributed by atoms with Gasteiger partial charge in [0.25, 0.3) is 0 Å². The van der Waals surface area contributed by atoms with Crippen molar-refractivity contribution in [2.45, 2.75) is 51.5 Å². The molecule has 0 spiro atoms. The molecule has 0 aromatic heterocycles. The highest BCUT2D eigenvalue weighted by Gasteiger charge is 2.33. The molecule has 1 saturated heterocycles. The number of ether oxygens (including phenoxy) is 2. The Bertz CT molecular complexity index is 545. The lowest BCUT2D eigenvalue weighted by molar-refractivity contribution is -0.109. The molecule has 4 heteroatoms. The number of likely N-dealkylation sites (tertiary alicyclic amines) is 1. The fourth-order valence-corrected chi connectivity index (χ4v) is 4.03. The zero-order valence-electron chi connectivity index (χ0n) is 14.2. The fourth-order valence-electron chi connectivity index (χ4n) is 4.03. The molecule has 4 nitrogen and oxygen atoms in total. The molecule has 0 aliphatic carbocycles. The lowest BCUT2D eigenvalue weighted by atomic mass is 9.91. The van der Waals surface area contributed by atoms with Crippen molar-refractivity contribution in [3.8, 4) is 11.5 Å². The van der Waals surface area contributed by atoms with Gasteiger partial charge in [0.15, 0.2) is 11.5 Å². The van der Waals surface area contributed by atoms with E-state index < -0.39 is 0 Å². The van der Waals surface area contributed by atoms with Gasteiger partial charge in [0.1, 0.15) is 6.29 Å². The zero-order valence-corrected chi connectivity index (χ0v) is 14.2. The van der Waals surface area contributed by atoms with Crippen LogP contribution in [0.5, 0.6) is 11.5 Å². The molecule has 0 saturated carbocycles. The molecule has 3 atom stereocenters. The van der Waals surface area contributed by atoms with Crippen molar-refractivity contribution in [1.82, 2.24) is 4.90 Å². The van der Waals surface area contributed by atoms with Crippen molar-refractivity contribution < 1.29 is 14.3 Å². The van der Waals surface area contributed by atoms with Crippen LogP contribution >= 0.6 is 0 Å². The standard InChI is InChI=1S/C19H27NO3/c1-3-4-14(2)9-17-10-16(12-20(17)7-8-21)15-5-6-18-19(11-15)23-13-22-18/h5-6,8,11,14,16-17H,3-4,7,9-10,12-13H2,1-2H3/t14-,16?,17+/m1/s1. The van der Waals surface area contributed by atoms with Gasteiger partial charge in [-0.3, -0.25) is 4.90 Å². The van der Waals surface area contributed by atoms with Crippen molar-refractivity contribution in [3.63, 3.8) is 0 Å². The maximum absolute atomic E-state index is 11.0. The Labute approximate surface area is 138 Å². The predicted octanol–water partition coefficient (Wildman–Crippen LogP) is 3.60. The maximum atomic E-state index is 11.0. The van der Waals surface area contributed by atoms with E-state index in [0.29, 0.717) is 25.3 Å². The van der Waals surface area contributed by atoms with Crippen molar-refractivity contribution in [1.29, 1.82) is 0 Å². The molecule has 1 aromatic rings. The van der Waals surface area contributed by atoms with E-state index in [-0.39, 0.29) is 0 Å². The number of carbonyl (C=O) groups excluding carboxylic acids is 1. The monoisotopic (exact) mass is 317 g/mol. The molecule has 0 N–H and O–H groups in total. The zero-order chi connectivity index (χ0) is 16.2. The average Bonchev–Trinajstić information content (AvgIpc) is 3.14. The fraction of sp³-hybridized carbons (Fsp3) is 0.632. The molecule has 1 aromatic carbocycles. The Morgan fingerprint density at radius 2 is 2.17 bits per heavy atom. The van der Waals surface area contributed by atoms with E-state index in [0.717, 1.165) is 36.7 Å². The predicted molar refractivity (Wildman–Crippen MR) is 90.0 cm³/mol. The second-order valence-corrected chi connectivity index (χ2v) is 6.95. The normalized spacial score (nSPS) is 24.8. The number of nitrogens with zero attached hydrogens (tertiary/aromatic N) is 1. The van der Waals surface area contributed by atoms with Crippen LogP contribution in [0, 0.1) is 5.92 Å². The van der Waals surface area contributed by atoms with Gasteiger partial charge >= 0.3 is 0 Å². The summed E-state index contributed by atoms with van der Waals surface area (Å²) < 4.78 is 10.9. The van der Waals surface area contributed by atoms with E-state index in [1.54, 1.807) is 0 Å². The van der Waals surface area contributed by atoms with Gasteiger partial charge in [0.05, 0.1) is 6.54 Å².